The number of hydrogen-bond donors (Lipinski definition) is 2. The molecule has 0 saturated carbocycles. The van der Waals surface area contributed by atoms with E-state index in [4.69, 9.17) is 9.47 Å². The zero-order chi connectivity index (χ0) is 18.5. The van der Waals surface area contributed by atoms with Crippen molar-refractivity contribution in [2.24, 2.45) is 12.0 Å². The van der Waals surface area contributed by atoms with E-state index in [9.17, 15) is 0 Å². The van der Waals surface area contributed by atoms with E-state index < -0.39 is 0 Å². The number of unbranched alkanes of at least 4 members (excludes halogenated alkanes) is 1. The van der Waals surface area contributed by atoms with Crippen LogP contribution in [0.4, 0.5) is 0 Å². The lowest BCUT2D eigenvalue weighted by molar-refractivity contribution is 0.0487. The minimum atomic E-state index is 0.636. The first kappa shape index (κ1) is 21.4. The summed E-state index contributed by atoms with van der Waals surface area (Å²) in [4.78, 5) is 4.23. The first-order valence-corrected chi connectivity index (χ1v) is 9.19. The highest BCUT2D eigenvalue weighted by Gasteiger charge is 2.08. The maximum atomic E-state index is 5.54. The summed E-state index contributed by atoms with van der Waals surface area (Å²) in [6, 6.07) is 0. The molecule has 0 unspecified atom stereocenters. The van der Waals surface area contributed by atoms with E-state index in [-0.39, 0.29) is 0 Å². The van der Waals surface area contributed by atoms with Crippen LogP contribution in [0.15, 0.2) is 4.99 Å². The van der Waals surface area contributed by atoms with E-state index in [2.05, 4.69) is 41.5 Å². The first-order chi connectivity index (χ1) is 12.1. The average molecular weight is 354 g/mol. The van der Waals surface area contributed by atoms with Crippen LogP contribution in [0.1, 0.15) is 36.7 Å². The molecule has 7 heteroatoms. The fraction of sp³-hybridized carbons (Fsp3) is 0.778. The smallest absolute Gasteiger partial charge is 0.191 e. The van der Waals surface area contributed by atoms with Crippen molar-refractivity contribution in [1.29, 1.82) is 0 Å². The molecule has 0 atom stereocenters. The second kappa shape index (κ2) is 12.7. The summed E-state index contributed by atoms with van der Waals surface area (Å²) in [7, 11) is 3.76. The lowest BCUT2D eigenvalue weighted by Gasteiger charge is -2.12. The van der Waals surface area contributed by atoms with Gasteiger partial charge in [0.15, 0.2) is 5.96 Å². The SMILES string of the molecule is CCCCOCCOCCNC(=NC)NCCc1c(C)nn(C)c1C. The van der Waals surface area contributed by atoms with Gasteiger partial charge in [0.1, 0.15) is 0 Å². The molecule has 0 aromatic carbocycles. The number of ether oxygens (including phenoxy) is 2. The van der Waals surface area contributed by atoms with Crippen LogP contribution in [0.5, 0.6) is 0 Å². The predicted molar refractivity (Wildman–Crippen MR) is 102 cm³/mol. The molecule has 7 nitrogen and oxygen atoms in total. The summed E-state index contributed by atoms with van der Waals surface area (Å²) in [5.74, 6) is 0.794. The Morgan fingerprint density at radius 2 is 1.76 bits per heavy atom. The van der Waals surface area contributed by atoms with Crippen LogP contribution in [0.3, 0.4) is 0 Å². The molecule has 144 valence electrons. The largest absolute Gasteiger partial charge is 0.379 e. The number of aliphatic imine (C=N–C) groups is 1. The molecule has 1 aromatic heterocycles. The molecule has 0 aliphatic rings. The number of nitrogens with zero attached hydrogens (tertiary/aromatic N) is 3. The van der Waals surface area contributed by atoms with Crippen LogP contribution in [0.2, 0.25) is 0 Å². The third-order valence-electron chi connectivity index (χ3n) is 4.10. The van der Waals surface area contributed by atoms with Crippen LogP contribution >= 0.6 is 0 Å². The van der Waals surface area contributed by atoms with Gasteiger partial charge in [0, 0.05) is 39.5 Å². The molecule has 1 rings (SSSR count). The fourth-order valence-electron chi connectivity index (χ4n) is 2.52. The summed E-state index contributed by atoms with van der Waals surface area (Å²) in [6.07, 6.45) is 3.20. The summed E-state index contributed by atoms with van der Waals surface area (Å²) < 4.78 is 12.9. The summed E-state index contributed by atoms with van der Waals surface area (Å²) in [5.41, 5.74) is 3.62. The van der Waals surface area contributed by atoms with Crippen LogP contribution < -0.4 is 10.6 Å². The Labute approximate surface area is 152 Å². The topological polar surface area (TPSA) is 72.7 Å². The highest BCUT2D eigenvalue weighted by Crippen LogP contribution is 2.11. The summed E-state index contributed by atoms with van der Waals surface area (Å²) in [5, 5.41) is 11.0. The molecular formula is C18H35N5O2. The van der Waals surface area contributed by atoms with Gasteiger partial charge < -0.3 is 20.1 Å². The van der Waals surface area contributed by atoms with Gasteiger partial charge in [0.2, 0.25) is 0 Å². The second-order valence-corrected chi connectivity index (χ2v) is 6.03. The number of guanidine groups is 1. The maximum absolute atomic E-state index is 5.54. The van der Waals surface area contributed by atoms with Gasteiger partial charge in [-0.1, -0.05) is 13.3 Å². The van der Waals surface area contributed by atoms with Crippen LogP contribution in [-0.2, 0) is 22.9 Å². The molecule has 2 N–H and O–H groups in total. The van der Waals surface area contributed by atoms with Gasteiger partial charge in [-0.2, -0.15) is 5.10 Å². The highest BCUT2D eigenvalue weighted by atomic mass is 16.5. The minimum absolute atomic E-state index is 0.636. The minimum Gasteiger partial charge on any atom is -0.379 e. The Bertz CT molecular complexity index is 514. The Morgan fingerprint density at radius 1 is 1.08 bits per heavy atom. The molecule has 1 aromatic rings. The Hall–Kier alpha value is -1.60. The van der Waals surface area contributed by atoms with Crippen molar-refractivity contribution in [3.63, 3.8) is 0 Å². The van der Waals surface area contributed by atoms with Crippen molar-refractivity contribution in [2.45, 2.75) is 40.0 Å². The number of hydrogen-bond acceptors (Lipinski definition) is 4. The molecule has 0 saturated heterocycles. The molecule has 25 heavy (non-hydrogen) atoms. The standard InChI is InChI=1S/C18H35N5O2/c1-6-7-11-24-13-14-25-12-10-21-18(19-4)20-9-8-17-15(2)22-23(5)16(17)3/h6-14H2,1-5H3,(H2,19,20,21). The van der Waals surface area contributed by atoms with Crippen LogP contribution in [-0.4, -0.2) is 62.3 Å². The number of aromatic nitrogens is 2. The van der Waals surface area contributed by atoms with Crippen LogP contribution in [0, 0.1) is 13.8 Å². The Kier molecular flexibility index (Phi) is 10.9. The third-order valence-corrected chi connectivity index (χ3v) is 4.10. The molecular weight excluding hydrogens is 318 g/mol. The lowest BCUT2D eigenvalue weighted by atomic mass is 10.1. The molecule has 0 aliphatic heterocycles. The monoisotopic (exact) mass is 353 g/mol. The summed E-state index contributed by atoms with van der Waals surface area (Å²) >= 11 is 0. The highest BCUT2D eigenvalue weighted by molar-refractivity contribution is 5.79. The molecule has 0 radical (unpaired) electrons. The van der Waals surface area contributed by atoms with Gasteiger partial charge in [-0.15, -0.1) is 0 Å². The van der Waals surface area contributed by atoms with Gasteiger partial charge in [0.25, 0.3) is 0 Å². The van der Waals surface area contributed by atoms with Crippen molar-refractivity contribution in [3.05, 3.63) is 17.0 Å². The zero-order valence-corrected chi connectivity index (χ0v) is 16.5. The quantitative estimate of drug-likeness (QED) is 0.339. The Balaban J connectivity index is 2.11. The lowest BCUT2D eigenvalue weighted by Crippen LogP contribution is -2.40. The number of aryl methyl sites for hydroxylation is 2. The molecule has 0 fully saturated rings. The zero-order valence-electron chi connectivity index (χ0n) is 16.5. The van der Waals surface area contributed by atoms with Crippen molar-refractivity contribution >= 4 is 5.96 Å². The van der Waals surface area contributed by atoms with E-state index in [1.165, 1.54) is 11.3 Å². The predicted octanol–water partition coefficient (Wildman–Crippen LogP) is 1.58. The molecule has 0 amide bonds. The van der Waals surface area contributed by atoms with Crippen molar-refractivity contribution in [1.82, 2.24) is 20.4 Å². The van der Waals surface area contributed by atoms with E-state index >= 15 is 0 Å². The second-order valence-electron chi connectivity index (χ2n) is 6.03. The maximum Gasteiger partial charge on any atom is 0.191 e. The average Bonchev–Trinajstić information content (AvgIpc) is 2.84. The fourth-order valence-corrected chi connectivity index (χ4v) is 2.52. The van der Waals surface area contributed by atoms with Crippen molar-refractivity contribution in [3.8, 4) is 0 Å². The summed E-state index contributed by atoms with van der Waals surface area (Å²) in [6.45, 7) is 10.6. The molecule has 0 aliphatic carbocycles. The van der Waals surface area contributed by atoms with Gasteiger partial charge in [-0.25, -0.2) is 0 Å². The van der Waals surface area contributed by atoms with E-state index in [1.54, 1.807) is 7.05 Å². The Morgan fingerprint density at radius 3 is 2.36 bits per heavy atom. The molecule has 0 spiro atoms. The first-order valence-electron chi connectivity index (χ1n) is 9.19. The van der Waals surface area contributed by atoms with E-state index in [0.29, 0.717) is 19.8 Å². The van der Waals surface area contributed by atoms with Crippen molar-refractivity contribution in [2.75, 3.05) is 46.6 Å². The number of nitrogens with one attached hydrogen (secondary N) is 2. The molecule has 1 heterocycles. The third kappa shape index (κ3) is 8.36. The van der Waals surface area contributed by atoms with E-state index in [1.807, 2.05) is 11.7 Å². The van der Waals surface area contributed by atoms with Crippen LogP contribution in [0.25, 0.3) is 0 Å². The van der Waals surface area contributed by atoms with Gasteiger partial charge in [0.05, 0.1) is 25.5 Å². The molecule has 0 bridgehead atoms. The van der Waals surface area contributed by atoms with Gasteiger partial charge in [-0.05, 0) is 32.3 Å². The van der Waals surface area contributed by atoms with Gasteiger partial charge in [-0.3, -0.25) is 9.67 Å². The number of rotatable bonds is 12. The van der Waals surface area contributed by atoms with Gasteiger partial charge >= 0.3 is 0 Å². The normalized spacial score (nSPS) is 11.8. The van der Waals surface area contributed by atoms with E-state index in [0.717, 1.165) is 50.6 Å². The van der Waals surface area contributed by atoms with Crippen molar-refractivity contribution < 1.29 is 9.47 Å².